The van der Waals surface area contributed by atoms with Crippen molar-refractivity contribution in [3.05, 3.63) is 52.0 Å². The molecule has 0 bridgehead atoms. The van der Waals surface area contributed by atoms with Crippen molar-refractivity contribution < 1.29 is 4.79 Å². The molecule has 0 aliphatic heterocycles. The van der Waals surface area contributed by atoms with Gasteiger partial charge in [0.05, 0.1) is 16.8 Å². The summed E-state index contributed by atoms with van der Waals surface area (Å²) in [6, 6.07) is 11.7. The van der Waals surface area contributed by atoms with Crippen molar-refractivity contribution in [3.8, 4) is 0 Å². The Balaban J connectivity index is 1.64. The molecule has 0 fully saturated rings. The summed E-state index contributed by atoms with van der Waals surface area (Å²) < 4.78 is 1.05. The van der Waals surface area contributed by atoms with Crippen LogP contribution in [0, 0.1) is 13.8 Å². The monoisotopic (exact) mass is 389 g/mol. The minimum Gasteiger partial charge on any atom is -0.333 e. The van der Waals surface area contributed by atoms with E-state index in [-0.39, 0.29) is 5.91 Å². The Morgan fingerprint density at radius 2 is 2.00 bits per heavy atom. The van der Waals surface area contributed by atoms with Crippen LogP contribution in [0.3, 0.4) is 0 Å². The van der Waals surface area contributed by atoms with Crippen LogP contribution < -0.4 is 5.32 Å². The Morgan fingerprint density at radius 3 is 2.78 bits per heavy atom. The molecular formula is C17H16BrN3OS. The Bertz CT molecular complexity index is 842. The van der Waals surface area contributed by atoms with Gasteiger partial charge >= 0.3 is 0 Å². The van der Waals surface area contributed by atoms with Crippen LogP contribution in [0.25, 0.3) is 11.0 Å². The molecule has 1 amide bonds. The zero-order valence-electron chi connectivity index (χ0n) is 12.8. The second-order valence-electron chi connectivity index (χ2n) is 5.24. The summed E-state index contributed by atoms with van der Waals surface area (Å²) in [5, 5.41) is 3.71. The van der Waals surface area contributed by atoms with E-state index in [0.29, 0.717) is 5.75 Å². The van der Waals surface area contributed by atoms with Gasteiger partial charge in [-0.1, -0.05) is 39.8 Å². The van der Waals surface area contributed by atoms with Crippen molar-refractivity contribution in [2.45, 2.75) is 19.0 Å². The first kappa shape index (κ1) is 16.1. The number of H-pyrrole nitrogens is 1. The lowest BCUT2D eigenvalue weighted by molar-refractivity contribution is -0.113. The number of amides is 1. The fourth-order valence-electron chi connectivity index (χ4n) is 2.24. The van der Waals surface area contributed by atoms with Gasteiger partial charge in [0.15, 0.2) is 5.16 Å². The maximum atomic E-state index is 12.2. The first-order valence-corrected chi connectivity index (χ1v) is 8.95. The summed E-state index contributed by atoms with van der Waals surface area (Å²) in [5.41, 5.74) is 4.94. The maximum Gasteiger partial charge on any atom is 0.234 e. The van der Waals surface area contributed by atoms with Gasteiger partial charge in [0, 0.05) is 10.2 Å². The fourth-order valence-corrected chi connectivity index (χ4v) is 3.36. The number of hydrogen-bond acceptors (Lipinski definition) is 3. The second-order valence-corrected chi connectivity index (χ2v) is 7.06. The van der Waals surface area contributed by atoms with Gasteiger partial charge in [0.2, 0.25) is 5.91 Å². The molecule has 3 rings (SSSR count). The van der Waals surface area contributed by atoms with Crippen molar-refractivity contribution in [1.29, 1.82) is 0 Å². The molecule has 0 radical (unpaired) electrons. The zero-order valence-corrected chi connectivity index (χ0v) is 15.2. The Labute approximate surface area is 147 Å². The summed E-state index contributed by atoms with van der Waals surface area (Å²) in [4.78, 5) is 19.8. The molecule has 2 aromatic carbocycles. The Morgan fingerprint density at radius 1 is 1.22 bits per heavy atom. The number of imidazole rings is 1. The second kappa shape index (κ2) is 6.76. The van der Waals surface area contributed by atoms with Gasteiger partial charge in [-0.15, -0.1) is 0 Å². The standard InChI is InChI=1S/C17H16BrN3OS/c1-10-11(2)13(8-7-12(10)18)19-16(22)9-23-17-20-14-5-3-4-6-15(14)21-17/h3-8H,9H2,1-2H3,(H,19,22)(H,20,21). The van der Waals surface area contributed by atoms with E-state index < -0.39 is 0 Å². The summed E-state index contributed by atoms with van der Waals surface area (Å²) in [5.74, 6) is 0.272. The smallest absolute Gasteiger partial charge is 0.234 e. The number of anilines is 1. The van der Waals surface area contributed by atoms with Crippen molar-refractivity contribution in [1.82, 2.24) is 9.97 Å². The number of carbonyl (C=O) groups excluding carboxylic acids is 1. The van der Waals surface area contributed by atoms with Crippen LogP contribution in [0.15, 0.2) is 46.0 Å². The largest absolute Gasteiger partial charge is 0.333 e. The van der Waals surface area contributed by atoms with E-state index in [1.807, 2.05) is 50.2 Å². The highest BCUT2D eigenvalue weighted by atomic mass is 79.9. The molecule has 1 heterocycles. The molecule has 118 valence electrons. The van der Waals surface area contributed by atoms with E-state index in [2.05, 4.69) is 31.2 Å². The van der Waals surface area contributed by atoms with Gasteiger partial charge in [-0.25, -0.2) is 4.98 Å². The third-order valence-electron chi connectivity index (χ3n) is 3.70. The van der Waals surface area contributed by atoms with Crippen molar-refractivity contribution in [3.63, 3.8) is 0 Å². The molecular weight excluding hydrogens is 374 g/mol. The third kappa shape index (κ3) is 3.59. The van der Waals surface area contributed by atoms with Gasteiger partial charge in [-0.2, -0.15) is 0 Å². The number of benzene rings is 2. The lowest BCUT2D eigenvalue weighted by atomic mass is 10.1. The van der Waals surface area contributed by atoms with Gasteiger partial charge < -0.3 is 10.3 Å². The minimum atomic E-state index is -0.0414. The van der Waals surface area contributed by atoms with E-state index in [9.17, 15) is 4.79 Å². The highest BCUT2D eigenvalue weighted by Crippen LogP contribution is 2.26. The van der Waals surface area contributed by atoms with Gasteiger partial charge in [0.25, 0.3) is 0 Å². The molecule has 0 saturated carbocycles. The number of nitrogens with zero attached hydrogens (tertiary/aromatic N) is 1. The minimum absolute atomic E-state index is 0.0414. The van der Waals surface area contributed by atoms with E-state index in [1.54, 1.807) is 0 Å². The highest BCUT2D eigenvalue weighted by Gasteiger charge is 2.10. The number of thioether (sulfide) groups is 1. The van der Waals surface area contributed by atoms with Crippen LogP contribution >= 0.6 is 27.7 Å². The zero-order chi connectivity index (χ0) is 16.4. The van der Waals surface area contributed by atoms with Crippen LogP contribution in [-0.2, 0) is 4.79 Å². The summed E-state index contributed by atoms with van der Waals surface area (Å²) in [6.07, 6.45) is 0. The molecule has 2 N–H and O–H groups in total. The maximum absolute atomic E-state index is 12.2. The number of aromatic amines is 1. The van der Waals surface area contributed by atoms with E-state index in [0.717, 1.165) is 37.5 Å². The number of aromatic nitrogens is 2. The molecule has 1 aromatic heterocycles. The number of para-hydroxylation sites is 2. The van der Waals surface area contributed by atoms with Crippen molar-refractivity contribution >= 4 is 50.3 Å². The molecule has 0 atom stereocenters. The first-order valence-electron chi connectivity index (χ1n) is 7.17. The average Bonchev–Trinajstić information content (AvgIpc) is 2.96. The lowest BCUT2D eigenvalue weighted by Gasteiger charge is -2.11. The average molecular weight is 390 g/mol. The van der Waals surface area contributed by atoms with E-state index in [1.165, 1.54) is 11.8 Å². The van der Waals surface area contributed by atoms with Crippen molar-refractivity contribution in [2.24, 2.45) is 0 Å². The van der Waals surface area contributed by atoms with Crippen LogP contribution in [0.4, 0.5) is 5.69 Å². The quantitative estimate of drug-likeness (QED) is 0.637. The summed E-state index contributed by atoms with van der Waals surface area (Å²) >= 11 is 4.89. The first-order chi connectivity index (χ1) is 11.0. The van der Waals surface area contributed by atoms with Crippen LogP contribution in [0.2, 0.25) is 0 Å². The molecule has 3 aromatic rings. The summed E-state index contributed by atoms with van der Waals surface area (Å²) in [7, 11) is 0. The predicted octanol–water partition coefficient (Wildman–Crippen LogP) is 4.67. The highest BCUT2D eigenvalue weighted by molar-refractivity contribution is 9.10. The molecule has 0 aliphatic carbocycles. The molecule has 4 nitrogen and oxygen atoms in total. The lowest BCUT2D eigenvalue weighted by Crippen LogP contribution is -2.15. The van der Waals surface area contributed by atoms with Crippen LogP contribution in [-0.4, -0.2) is 21.6 Å². The number of halogens is 1. The molecule has 0 spiro atoms. The molecule has 6 heteroatoms. The SMILES string of the molecule is Cc1c(Br)ccc(NC(=O)CSc2nc3ccccc3[nH]2)c1C. The van der Waals surface area contributed by atoms with Crippen molar-refractivity contribution in [2.75, 3.05) is 11.1 Å². The Kier molecular flexibility index (Phi) is 4.73. The number of fused-ring (bicyclic) bond motifs is 1. The molecule has 23 heavy (non-hydrogen) atoms. The summed E-state index contributed by atoms with van der Waals surface area (Å²) in [6.45, 7) is 4.03. The number of nitrogens with one attached hydrogen (secondary N) is 2. The van der Waals surface area contributed by atoms with Gasteiger partial charge in [-0.3, -0.25) is 4.79 Å². The third-order valence-corrected chi connectivity index (χ3v) is 5.44. The fraction of sp³-hybridized carbons (Fsp3) is 0.176. The molecule has 0 aliphatic rings. The number of hydrogen-bond donors (Lipinski definition) is 2. The number of carbonyl (C=O) groups is 1. The normalized spacial score (nSPS) is 10.9. The Hall–Kier alpha value is -1.79. The van der Waals surface area contributed by atoms with Gasteiger partial charge in [-0.05, 0) is 49.2 Å². The van der Waals surface area contributed by atoms with Crippen LogP contribution in [0.5, 0.6) is 0 Å². The van der Waals surface area contributed by atoms with E-state index >= 15 is 0 Å². The van der Waals surface area contributed by atoms with E-state index in [4.69, 9.17) is 0 Å². The number of rotatable bonds is 4. The molecule has 0 saturated heterocycles. The predicted molar refractivity (Wildman–Crippen MR) is 99.1 cm³/mol. The molecule has 0 unspecified atom stereocenters. The van der Waals surface area contributed by atoms with Gasteiger partial charge in [0.1, 0.15) is 0 Å². The topological polar surface area (TPSA) is 57.8 Å². The van der Waals surface area contributed by atoms with Crippen LogP contribution in [0.1, 0.15) is 11.1 Å².